The molecular weight excluding hydrogens is 244 g/mol. The molecule has 1 aromatic heterocycles. The smallest absolute Gasteiger partial charge is 0.287 e. The van der Waals surface area contributed by atoms with E-state index in [1.807, 2.05) is 17.6 Å². The summed E-state index contributed by atoms with van der Waals surface area (Å²) in [4.78, 5) is 13.5. The Kier molecular flexibility index (Phi) is 2.92. The zero-order chi connectivity index (χ0) is 13.2. The van der Waals surface area contributed by atoms with Gasteiger partial charge < -0.3 is 9.42 Å². The highest BCUT2D eigenvalue weighted by Crippen LogP contribution is 2.28. The van der Waals surface area contributed by atoms with Crippen LogP contribution in [0.3, 0.4) is 0 Å². The highest BCUT2D eigenvalue weighted by Gasteiger charge is 2.20. The second-order valence-electron chi connectivity index (χ2n) is 4.45. The molecule has 98 valence electrons. The molecule has 19 heavy (non-hydrogen) atoms. The van der Waals surface area contributed by atoms with Crippen LogP contribution in [-0.2, 0) is 13.0 Å². The Morgan fingerprint density at radius 2 is 2.32 bits per heavy atom. The number of nitrogen functional groups attached to an aromatic ring is 1. The number of aromatic nitrogens is 1. The molecule has 0 fully saturated rings. The monoisotopic (exact) mass is 258 g/mol. The molecule has 1 amide bonds. The van der Waals surface area contributed by atoms with Crippen molar-refractivity contribution in [2.75, 3.05) is 11.4 Å². The number of amides is 1. The molecule has 0 aliphatic carbocycles. The van der Waals surface area contributed by atoms with Crippen molar-refractivity contribution in [1.82, 2.24) is 10.6 Å². The Hall–Kier alpha value is -2.34. The largest absolute Gasteiger partial charge is 0.363 e. The molecule has 0 spiro atoms. The molecule has 6 nitrogen and oxygen atoms in total. The summed E-state index contributed by atoms with van der Waals surface area (Å²) in [5, 5.41) is 3.69. The van der Waals surface area contributed by atoms with Gasteiger partial charge in [-0.15, -0.1) is 0 Å². The van der Waals surface area contributed by atoms with Crippen molar-refractivity contribution in [3.63, 3.8) is 0 Å². The lowest BCUT2D eigenvalue weighted by Crippen LogP contribution is -2.30. The van der Waals surface area contributed by atoms with Crippen LogP contribution in [0.25, 0.3) is 0 Å². The number of carbonyl (C=O) groups is 1. The molecular formula is C13H14N4O2. The minimum absolute atomic E-state index is 0.199. The first kappa shape index (κ1) is 11.7. The van der Waals surface area contributed by atoms with E-state index in [0.29, 0.717) is 12.3 Å². The lowest BCUT2D eigenvalue weighted by atomic mass is 10.2. The van der Waals surface area contributed by atoms with Gasteiger partial charge in [0.2, 0.25) is 0 Å². The number of para-hydroxylation sites is 1. The molecule has 0 unspecified atom stereocenters. The summed E-state index contributed by atoms with van der Waals surface area (Å²) in [6.07, 6.45) is 1.03. The maximum atomic E-state index is 11.3. The standard InChI is InChI=1S/C13H14N4O2/c14-15-13(18)11-7-10(19-16-11)8-17-6-5-9-3-1-2-4-12(9)17/h1-4,7H,5-6,8,14H2,(H,15,18). The number of nitrogens with one attached hydrogen (secondary N) is 1. The number of benzene rings is 1. The molecule has 0 radical (unpaired) electrons. The summed E-state index contributed by atoms with van der Waals surface area (Å²) in [6.45, 7) is 1.54. The molecule has 0 atom stereocenters. The van der Waals surface area contributed by atoms with Gasteiger partial charge in [-0.2, -0.15) is 0 Å². The van der Waals surface area contributed by atoms with Gasteiger partial charge in [-0.05, 0) is 18.1 Å². The van der Waals surface area contributed by atoms with Crippen molar-refractivity contribution in [3.8, 4) is 0 Å². The molecule has 1 aliphatic heterocycles. The molecule has 6 heteroatoms. The lowest BCUT2D eigenvalue weighted by molar-refractivity contribution is 0.0944. The zero-order valence-electron chi connectivity index (χ0n) is 10.3. The van der Waals surface area contributed by atoms with Crippen LogP contribution in [0.2, 0.25) is 0 Å². The van der Waals surface area contributed by atoms with Gasteiger partial charge in [-0.1, -0.05) is 23.4 Å². The Labute approximate surface area is 110 Å². The van der Waals surface area contributed by atoms with E-state index >= 15 is 0 Å². The van der Waals surface area contributed by atoms with Crippen LogP contribution in [-0.4, -0.2) is 17.6 Å². The van der Waals surface area contributed by atoms with Gasteiger partial charge in [0.15, 0.2) is 11.5 Å². The molecule has 3 rings (SSSR count). The summed E-state index contributed by atoms with van der Waals surface area (Å²) >= 11 is 0. The number of carbonyl (C=O) groups excluding carboxylic acids is 1. The number of hydrazine groups is 1. The first-order valence-electron chi connectivity index (χ1n) is 6.07. The molecule has 0 bridgehead atoms. The number of nitrogens with two attached hydrogens (primary N) is 1. The van der Waals surface area contributed by atoms with E-state index in [0.717, 1.165) is 13.0 Å². The fourth-order valence-corrected chi connectivity index (χ4v) is 2.33. The van der Waals surface area contributed by atoms with Gasteiger partial charge in [0.05, 0.1) is 6.54 Å². The van der Waals surface area contributed by atoms with Gasteiger partial charge in [0.25, 0.3) is 5.91 Å². The van der Waals surface area contributed by atoms with Crippen molar-refractivity contribution in [3.05, 3.63) is 47.3 Å². The summed E-state index contributed by atoms with van der Waals surface area (Å²) in [5.41, 5.74) is 4.77. The SMILES string of the molecule is NNC(=O)c1cc(CN2CCc3ccccc32)on1. The Morgan fingerprint density at radius 1 is 1.47 bits per heavy atom. The average molecular weight is 258 g/mol. The van der Waals surface area contributed by atoms with Gasteiger partial charge in [0, 0.05) is 18.3 Å². The number of anilines is 1. The summed E-state index contributed by atoms with van der Waals surface area (Å²) in [7, 11) is 0. The normalized spacial score (nSPS) is 13.4. The van der Waals surface area contributed by atoms with Crippen LogP contribution in [0.4, 0.5) is 5.69 Å². The summed E-state index contributed by atoms with van der Waals surface area (Å²) in [5.74, 6) is 5.25. The molecule has 1 aromatic carbocycles. The predicted molar refractivity (Wildman–Crippen MR) is 69.4 cm³/mol. The van der Waals surface area contributed by atoms with E-state index in [1.54, 1.807) is 6.07 Å². The van der Waals surface area contributed by atoms with Crippen LogP contribution in [0.15, 0.2) is 34.9 Å². The number of hydrogen-bond donors (Lipinski definition) is 2. The van der Waals surface area contributed by atoms with Crippen LogP contribution in [0.1, 0.15) is 21.8 Å². The fourth-order valence-electron chi connectivity index (χ4n) is 2.33. The second-order valence-corrected chi connectivity index (χ2v) is 4.45. The zero-order valence-corrected chi connectivity index (χ0v) is 10.3. The van der Waals surface area contributed by atoms with E-state index in [4.69, 9.17) is 10.4 Å². The minimum atomic E-state index is -0.447. The third-order valence-corrected chi connectivity index (χ3v) is 3.25. The molecule has 2 aromatic rings. The first-order chi connectivity index (χ1) is 9.28. The molecule has 0 saturated heterocycles. The van der Waals surface area contributed by atoms with E-state index < -0.39 is 5.91 Å². The molecule has 2 heterocycles. The van der Waals surface area contributed by atoms with Crippen molar-refractivity contribution in [2.24, 2.45) is 5.84 Å². The van der Waals surface area contributed by atoms with Gasteiger partial charge in [0.1, 0.15) is 0 Å². The second kappa shape index (κ2) is 4.74. The predicted octanol–water partition coefficient (Wildman–Crippen LogP) is 0.841. The van der Waals surface area contributed by atoms with Crippen LogP contribution in [0, 0.1) is 0 Å². The summed E-state index contributed by atoms with van der Waals surface area (Å²) < 4.78 is 5.16. The maximum absolute atomic E-state index is 11.3. The minimum Gasteiger partial charge on any atom is -0.363 e. The van der Waals surface area contributed by atoms with E-state index in [2.05, 4.69) is 22.2 Å². The topological polar surface area (TPSA) is 84.4 Å². The number of hydrogen-bond acceptors (Lipinski definition) is 5. The number of rotatable bonds is 3. The Morgan fingerprint density at radius 3 is 3.16 bits per heavy atom. The molecule has 0 saturated carbocycles. The van der Waals surface area contributed by atoms with Gasteiger partial charge in [-0.25, -0.2) is 5.84 Å². The first-order valence-corrected chi connectivity index (χ1v) is 6.07. The number of nitrogens with zero attached hydrogens (tertiary/aromatic N) is 2. The fraction of sp³-hybridized carbons (Fsp3) is 0.231. The third kappa shape index (κ3) is 2.17. The van der Waals surface area contributed by atoms with E-state index in [-0.39, 0.29) is 5.69 Å². The van der Waals surface area contributed by atoms with Crippen molar-refractivity contribution in [1.29, 1.82) is 0 Å². The van der Waals surface area contributed by atoms with Crippen LogP contribution in [0.5, 0.6) is 0 Å². The molecule has 3 N–H and O–H groups in total. The van der Waals surface area contributed by atoms with Crippen molar-refractivity contribution in [2.45, 2.75) is 13.0 Å². The maximum Gasteiger partial charge on any atom is 0.287 e. The van der Waals surface area contributed by atoms with Crippen LogP contribution < -0.4 is 16.2 Å². The Bertz CT molecular complexity index is 608. The van der Waals surface area contributed by atoms with Crippen LogP contribution >= 0.6 is 0 Å². The van der Waals surface area contributed by atoms with Crippen molar-refractivity contribution < 1.29 is 9.32 Å². The average Bonchev–Trinajstić information content (AvgIpc) is 3.06. The highest BCUT2D eigenvalue weighted by molar-refractivity contribution is 5.91. The summed E-state index contributed by atoms with van der Waals surface area (Å²) in [6, 6.07) is 9.89. The van der Waals surface area contributed by atoms with Crippen molar-refractivity contribution >= 4 is 11.6 Å². The third-order valence-electron chi connectivity index (χ3n) is 3.25. The highest BCUT2D eigenvalue weighted by atomic mass is 16.5. The van der Waals surface area contributed by atoms with E-state index in [1.165, 1.54) is 11.3 Å². The quantitative estimate of drug-likeness (QED) is 0.484. The Balaban J connectivity index is 1.76. The van der Waals surface area contributed by atoms with E-state index in [9.17, 15) is 4.79 Å². The molecule has 1 aliphatic rings. The van der Waals surface area contributed by atoms with Gasteiger partial charge in [-0.3, -0.25) is 10.2 Å². The van der Waals surface area contributed by atoms with Gasteiger partial charge >= 0.3 is 0 Å². The lowest BCUT2D eigenvalue weighted by Gasteiger charge is -2.16. The number of fused-ring (bicyclic) bond motifs is 1.